The van der Waals surface area contributed by atoms with Crippen LogP contribution >= 0.6 is 11.3 Å². The van der Waals surface area contributed by atoms with Crippen molar-refractivity contribution < 1.29 is 9.18 Å². The van der Waals surface area contributed by atoms with E-state index in [-0.39, 0.29) is 11.6 Å². The number of aromatic nitrogens is 1. The number of halogens is 1. The lowest BCUT2D eigenvalue weighted by Gasteiger charge is -2.05. The Morgan fingerprint density at radius 1 is 1.28 bits per heavy atom. The van der Waals surface area contributed by atoms with E-state index in [1.54, 1.807) is 0 Å². The van der Waals surface area contributed by atoms with E-state index in [1.165, 1.54) is 29.4 Å². The highest BCUT2D eigenvalue weighted by molar-refractivity contribution is 7.21. The fourth-order valence-corrected chi connectivity index (χ4v) is 3.93. The van der Waals surface area contributed by atoms with Crippen molar-refractivity contribution in [3.63, 3.8) is 0 Å². The number of amides is 1. The van der Waals surface area contributed by atoms with Crippen molar-refractivity contribution in [2.75, 3.05) is 5.73 Å². The quantitative estimate of drug-likeness (QED) is 0.628. The van der Waals surface area contributed by atoms with Gasteiger partial charge in [0.1, 0.15) is 15.5 Å². The summed E-state index contributed by atoms with van der Waals surface area (Å²) in [7, 11) is 0. The first-order valence-corrected chi connectivity index (χ1v) is 9.01. The molecule has 2 aromatic heterocycles. The minimum atomic E-state index is -0.609. The maximum Gasteiger partial charge on any atom is 0.267 e. The number of nitrogens with two attached hydrogens (primary N) is 1. The van der Waals surface area contributed by atoms with Gasteiger partial charge in [0.15, 0.2) is 0 Å². The average molecular weight is 357 g/mol. The molecule has 3 rings (SSSR count). The number of carbonyl (C=O) groups is 1. The molecule has 3 N–H and O–H groups in total. The maximum atomic E-state index is 12.6. The van der Waals surface area contributed by atoms with E-state index >= 15 is 0 Å². The molecule has 0 aliphatic heterocycles. The molecule has 0 fully saturated rings. The van der Waals surface area contributed by atoms with Crippen LogP contribution in [-0.4, -0.2) is 10.9 Å². The molecule has 2 heterocycles. The first kappa shape index (κ1) is 17.4. The number of hydrogen-bond acceptors (Lipinski definition) is 4. The second kappa shape index (κ2) is 7.19. The largest absolute Gasteiger partial charge is 0.397 e. The number of nitrogens with zero attached hydrogens (tertiary/aromatic N) is 1. The highest BCUT2D eigenvalue weighted by atomic mass is 32.1. The van der Waals surface area contributed by atoms with Gasteiger partial charge in [-0.05, 0) is 49.5 Å². The lowest BCUT2D eigenvalue weighted by molar-refractivity contribution is 0.0972. The topological polar surface area (TPSA) is 68.0 Å². The molecule has 2 aromatic rings. The zero-order valence-electron chi connectivity index (χ0n) is 13.9. The highest BCUT2D eigenvalue weighted by Crippen LogP contribution is 2.35. The maximum absolute atomic E-state index is 12.6. The van der Waals surface area contributed by atoms with Crippen LogP contribution in [0.3, 0.4) is 0 Å². The molecule has 0 saturated carbocycles. The van der Waals surface area contributed by atoms with Crippen LogP contribution in [-0.2, 0) is 12.8 Å². The Hall–Kier alpha value is -2.47. The van der Waals surface area contributed by atoms with Crippen LogP contribution in [0.1, 0.15) is 40.2 Å². The van der Waals surface area contributed by atoms with Crippen molar-refractivity contribution in [2.45, 2.75) is 32.1 Å². The van der Waals surface area contributed by atoms with Crippen molar-refractivity contribution in [3.05, 3.63) is 59.0 Å². The Bertz CT molecular complexity index is 898. The summed E-state index contributed by atoms with van der Waals surface area (Å²) in [5.41, 5.74) is 9.25. The number of rotatable bonds is 4. The van der Waals surface area contributed by atoms with E-state index in [0.29, 0.717) is 10.6 Å². The minimum absolute atomic E-state index is 0.268. The Morgan fingerprint density at radius 3 is 2.80 bits per heavy atom. The SMILES string of the molecule is C=C(F)C=CC(=C)NC(=O)c1sc2nc3c(cc2c1N)CCCCC3. The molecule has 25 heavy (non-hydrogen) atoms. The average Bonchev–Trinajstić information content (AvgIpc) is 2.74. The number of fused-ring (bicyclic) bond motifs is 2. The van der Waals surface area contributed by atoms with Crippen LogP contribution in [0.15, 0.2) is 42.9 Å². The van der Waals surface area contributed by atoms with Crippen molar-refractivity contribution >= 4 is 33.1 Å². The summed E-state index contributed by atoms with van der Waals surface area (Å²) in [6.45, 7) is 6.79. The molecular weight excluding hydrogens is 337 g/mol. The number of nitrogen functional groups attached to an aromatic ring is 1. The van der Waals surface area contributed by atoms with Gasteiger partial charge in [-0.2, -0.15) is 0 Å². The fourth-order valence-electron chi connectivity index (χ4n) is 2.94. The summed E-state index contributed by atoms with van der Waals surface area (Å²) in [5.74, 6) is -0.975. The van der Waals surface area contributed by atoms with Crippen molar-refractivity contribution in [2.24, 2.45) is 0 Å². The smallest absolute Gasteiger partial charge is 0.267 e. The standard InChI is InChI=1S/C19H20FN3OS/c1-11(20)8-9-12(2)22-18(24)17-16(21)14-10-13-6-4-3-5-7-15(13)23-19(14)25-17/h8-10H,1-7,21H2,(H,22,24). The number of hydrogen-bond donors (Lipinski definition) is 2. The van der Waals surface area contributed by atoms with Crippen LogP contribution in [0.25, 0.3) is 10.2 Å². The molecule has 1 aliphatic rings. The molecule has 0 bridgehead atoms. The van der Waals surface area contributed by atoms with Crippen LogP contribution in [0.4, 0.5) is 10.1 Å². The van der Waals surface area contributed by atoms with Crippen LogP contribution < -0.4 is 11.1 Å². The van der Waals surface area contributed by atoms with Gasteiger partial charge in [-0.25, -0.2) is 9.37 Å². The Labute approximate surface area is 149 Å². The molecule has 0 atom stereocenters. The third-order valence-corrected chi connectivity index (χ3v) is 5.31. The summed E-state index contributed by atoms with van der Waals surface area (Å²) in [4.78, 5) is 18.4. The summed E-state index contributed by atoms with van der Waals surface area (Å²) in [6, 6.07) is 2.08. The van der Waals surface area contributed by atoms with E-state index in [0.717, 1.165) is 47.7 Å². The Morgan fingerprint density at radius 2 is 2.04 bits per heavy atom. The molecule has 1 aliphatic carbocycles. The van der Waals surface area contributed by atoms with E-state index in [4.69, 9.17) is 10.7 Å². The van der Waals surface area contributed by atoms with Gasteiger partial charge in [0.2, 0.25) is 0 Å². The number of allylic oxidation sites excluding steroid dienone is 3. The summed E-state index contributed by atoms with van der Waals surface area (Å²) in [6.07, 6.45) is 7.98. The summed E-state index contributed by atoms with van der Waals surface area (Å²) >= 11 is 1.27. The van der Waals surface area contributed by atoms with Crippen molar-refractivity contribution in [1.82, 2.24) is 10.3 Å². The van der Waals surface area contributed by atoms with E-state index in [1.807, 2.05) is 0 Å². The number of carbonyl (C=O) groups excluding carboxylic acids is 1. The van der Waals surface area contributed by atoms with Gasteiger partial charge in [-0.1, -0.05) is 19.6 Å². The van der Waals surface area contributed by atoms with E-state index in [2.05, 4.69) is 24.5 Å². The summed E-state index contributed by atoms with van der Waals surface area (Å²) < 4.78 is 12.6. The van der Waals surface area contributed by atoms with Gasteiger partial charge in [0.05, 0.1) is 5.69 Å². The third-order valence-electron chi connectivity index (χ3n) is 4.20. The lowest BCUT2D eigenvalue weighted by Crippen LogP contribution is -2.21. The van der Waals surface area contributed by atoms with E-state index in [9.17, 15) is 9.18 Å². The molecule has 130 valence electrons. The predicted molar refractivity (Wildman–Crippen MR) is 101 cm³/mol. The molecule has 0 radical (unpaired) electrons. The van der Waals surface area contributed by atoms with Crippen molar-refractivity contribution in [3.8, 4) is 0 Å². The fraction of sp³-hybridized carbons (Fsp3) is 0.263. The molecule has 4 nitrogen and oxygen atoms in total. The molecule has 0 spiro atoms. The third kappa shape index (κ3) is 3.79. The number of anilines is 1. The number of pyridine rings is 1. The lowest BCUT2D eigenvalue weighted by atomic mass is 10.1. The Balaban J connectivity index is 1.89. The molecular formula is C19H20FN3OS. The van der Waals surface area contributed by atoms with Crippen LogP contribution in [0, 0.1) is 0 Å². The number of thiophene rings is 1. The molecule has 0 saturated heterocycles. The van der Waals surface area contributed by atoms with Gasteiger partial charge >= 0.3 is 0 Å². The minimum Gasteiger partial charge on any atom is -0.397 e. The van der Waals surface area contributed by atoms with Gasteiger partial charge < -0.3 is 11.1 Å². The van der Waals surface area contributed by atoms with Gasteiger partial charge in [0.25, 0.3) is 5.91 Å². The zero-order chi connectivity index (χ0) is 18.0. The van der Waals surface area contributed by atoms with Crippen molar-refractivity contribution in [1.29, 1.82) is 0 Å². The molecule has 0 aromatic carbocycles. The normalized spacial score (nSPS) is 14.3. The van der Waals surface area contributed by atoms with Crippen LogP contribution in [0.2, 0.25) is 0 Å². The number of nitrogens with one attached hydrogen (secondary N) is 1. The highest BCUT2D eigenvalue weighted by Gasteiger charge is 2.20. The first-order valence-electron chi connectivity index (χ1n) is 8.19. The number of aryl methyl sites for hydroxylation is 2. The second-order valence-electron chi connectivity index (χ2n) is 6.11. The first-order chi connectivity index (χ1) is 12.0. The van der Waals surface area contributed by atoms with Gasteiger partial charge in [-0.15, -0.1) is 11.3 Å². The summed E-state index contributed by atoms with van der Waals surface area (Å²) in [5, 5.41) is 3.44. The molecule has 0 unspecified atom stereocenters. The zero-order valence-corrected chi connectivity index (χ0v) is 14.7. The molecule has 6 heteroatoms. The van der Waals surface area contributed by atoms with Gasteiger partial charge in [0, 0.05) is 16.8 Å². The predicted octanol–water partition coefficient (Wildman–Crippen LogP) is 4.43. The van der Waals surface area contributed by atoms with E-state index < -0.39 is 5.83 Å². The Kier molecular flexibility index (Phi) is 4.99. The second-order valence-corrected chi connectivity index (χ2v) is 7.11. The van der Waals surface area contributed by atoms with Crippen LogP contribution in [0.5, 0.6) is 0 Å². The monoisotopic (exact) mass is 357 g/mol. The van der Waals surface area contributed by atoms with Gasteiger partial charge in [-0.3, -0.25) is 4.79 Å². The molecule has 1 amide bonds.